The Kier molecular flexibility index (Phi) is 2.79. The molecule has 2 heterocycles. The molecule has 3 aromatic rings. The Morgan fingerprint density at radius 1 is 1.42 bits per heavy atom. The number of carbonyl (C=O) groups is 1. The molecule has 0 fully saturated rings. The molecule has 6 heteroatoms. The summed E-state index contributed by atoms with van der Waals surface area (Å²) >= 11 is 1.65. The summed E-state index contributed by atoms with van der Waals surface area (Å²) in [7, 11) is 0. The van der Waals surface area contributed by atoms with E-state index in [4.69, 9.17) is 5.11 Å². The molecule has 0 radical (unpaired) electrons. The quantitative estimate of drug-likeness (QED) is 0.796. The largest absolute Gasteiger partial charge is 0.478 e. The molecule has 0 aliphatic heterocycles. The van der Waals surface area contributed by atoms with Gasteiger partial charge in [-0.3, -0.25) is 0 Å². The molecule has 1 N–H and O–H groups in total. The smallest absolute Gasteiger partial charge is 0.338 e. The van der Waals surface area contributed by atoms with Gasteiger partial charge in [0.15, 0.2) is 0 Å². The second-order valence-electron chi connectivity index (χ2n) is 4.31. The first-order valence-corrected chi connectivity index (χ1v) is 6.68. The molecule has 0 bridgehead atoms. The zero-order chi connectivity index (χ0) is 13.4. The van der Waals surface area contributed by atoms with Crippen LogP contribution in [-0.2, 0) is 6.54 Å². The fourth-order valence-electron chi connectivity index (χ4n) is 1.99. The molecule has 96 valence electrons. The number of hydrogen-bond donors (Lipinski definition) is 1. The summed E-state index contributed by atoms with van der Waals surface area (Å²) in [5.74, 6) is -0.982. The molecular weight excluding hydrogens is 262 g/mol. The van der Waals surface area contributed by atoms with Gasteiger partial charge in [-0.15, -0.1) is 5.10 Å². The van der Waals surface area contributed by atoms with Crippen molar-refractivity contribution in [2.45, 2.75) is 13.5 Å². The Morgan fingerprint density at radius 2 is 2.26 bits per heavy atom. The number of carboxylic acid groups (broad SMARTS) is 1. The third kappa shape index (κ3) is 2.00. The topological polar surface area (TPSA) is 68.0 Å². The Balaban J connectivity index is 2.09. The van der Waals surface area contributed by atoms with Crippen LogP contribution >= 0.6 is 11.3 Å². The van der Waals surface area contributed by atoms with E-state index in [1.54, 1.807) is 28.2 Å². The van der Waals surface area contributed by atoms with Gasteiger partial charge in [0.2, 0.25) is 0 Å². The number of aryl methyl sites for hydroxylation is 1. The van der Waals surface area contributed by atoms with E-state index in [0.29, 0.717) is 12.1 Å². The average molecular weight is 273 g/mol. The summed E-state index contributed by atoms with van der Waals surface area (Å²) in [6, 6.07) is 5.09. The van der Waals surface area contributed by atoms with Crippen LogP contribution in [0.2, 0.25) is 0 Å². The number of carboxylic acids is 1. The molecule has 0 saturated heterocycles. The predicted molar refractivity (Wildman–Crippen MR) is 72.6 cm³/mol. The van der Waals surface area contributed by atoms with Gasteiger partial charge in [-0.25, -0.2) is 9.48 Å². The summed E-state index contributed by atoms with van der Waals surface area (Å²) in [6.07, 6.45) is 0. The van der Waals surface area contributed by atoms with Crippen LogP contribution in [0.5, 0.6) is 0 Å². The van der Waals surface area contributed by atoms with Gasteiger partial charge in [-0.1, -0.05) is 11.3 Å². The maximum Gasteiger partial charge on any atom is 0.338 e. The van der Waals surface area contributed by atoms with Gasteiger partial charge in [-0.2, -0.15) is 11.3 Å². The van der Waals surface area contributed by atoms with Crippen LogP contribution in [0.15, 0.2) is 29.0 Å². The number of aromatic nitrogens is 3. The first-order chi connectivity index (χ1) is 9.16. The summed E-state index contributed by atoms with van der Waals surface area (Å²) in [4.78, 5) is 11.1. The lowest BCUT2D eigenvalue weighted by molar-refractivity contribution is 0.0699. The Hall–Kier alpha value is -2.21. The fourth-order valence-corrected chi connectivity index (χ4v) is 2.84. The number of nitrogens with zero attached hydrogens (tertiary/aromatic N) is 3. The van der Waals surface area contributed by atoms with Crippen LogP contribution in [0.4, 0.5) is 0 Å². The van der Waals surface area contributed by atoms with E-state index < -0.39 is 5.97 Å². The normalized spacial score (nSPS) is 11.0. The number of hydrogen-bond acceptors (Lipinski definition) is 4. The number of aromatic carboxylic acids is 1. The van der Waals surface area contributed by atoms with E-state index in [1.165, 1.54) is 11.1 Å². The third-order valence-electron chi connectivity index (χ3n) is 3.06. The third-order valence-corrected chi connectivity index (χ3v) is 3.97. The summed E-state index contributed by atoms with van der Waals surface area (Å²) in [5.41, 5.74) is 3.75. The van der Waals surface area contributed by atoms with Crippen molar-refractivity contribution in [1.29, 1.82) is 0 Å². The van der Waals surface area contributed by atoms with Crippen molar-refractivity contribution < 1.29 is 9.90 Å². The molecule has 2 aromatic heterocycles. The van der Waals surface area contributed by atoms with Gasteiger partial charge in [0.25, 0.3) is 0 Å². The molecule has 3 rings (SSSR count). The Morgan fingerprint density at radius 3 is 2.95 bits per heavy atom. The Bertz CT molecular complexity index is 760. The lowest BCUT2D eigenvalue weighted by Gasteiger charge is -2.02. The molecule has 0 aliphatic rings. The molecule has 0 atom stereocenters. The van der Waals surface area contributed by atoms with E-state index in [0.717, 1.165) is 5.52 Å². The number of benzene rings is 1. The monoisotopic (exact) mass is 273 g/mol. The summed E-state index contributed by atoms with van der Waals surface area (Å²) in [6.45, 7) is 2.66. The van der Waals surface area contributed by atoms with Crippen LogP contribution < -0.4 is 0 Å². The SMILES string of the molecule is Cc1cscc1Cn1nnc2c(C(=O)O)cccc21. The lowest BCUT2D eigenvalue weighted by atomic mass is 10.2. The van der Waals surface area contributed by atoms with Crippen molar-refractivity contribution in [3.05, 3.63) is 45.6 Å². The van der Waals surface area contributed by atoms with E-state index in [1.807, 2.05) is 13.0 Å². The lowest BCUT2D eigenvalue weighted by Crippen LogP contribution is -2.02. The highest BCUT2D eigenvalue weighted by Crippen LogP contribution is 2.19. The van der Waals surface area contributed by atoms with Crippen LogP contribution in [-0.4, -0.2) is 26.1 Å². The van der Waals surface area contributed by atoms with Gasteiger partial charge in [0.05, 0.1) is 17.6 Å². The molecule has 0 spiro atoms. The van der Waals surface area contributed by atoms with Crippen molar-refractivity contribution in [2.24, 2.45) is 0 Å². The van der Waals surface area contributed by atoms with Gasteiger partial charge < -0.3 is 5.11 Å². The van der Waals surface area contributed by atoms with E-state index in [-0.39, 0.29) is 5.56 Å². The highest BCUT2D eigenvalue weighted by Gasteiger charge is 2.14. The van der Waals surface area contributed by atoms with Crippen molar-refractivity contribution in [3.8, 4) is 0 Å². The van der Waals surface area contributed by atoms with E-state index in [2.05, 4.69) is 21.1 Å². The minimum Gasteiger partial charge on any atom is -0.478 e. The van der Waals surface area contributed by atoms with Crippen LogP contribution in [0.1, 0.15) is 21.5 Å². The first-order valence-electron chi connectivity index (χ1n) is 5.74. The van der Waals surface area contributed by atoms with E-state index >= 15 is 0 Å². The van der Waals surface area contributed by atoms with Crippen molar-refractivity contribution >= 4 is 28.3 Å². The number of rotatable bonds is 3. The Labute approximate surface area is 113 Å². The van der Waals surface area contributed by atoms with Crippen molar-refractivity contribution in [3.63, 3.8) is 0 Å². The number of fused-ring (bicyclic) bond motifs is 1. The molecule has 1 aromatic carbocycles. The molecule has 0 amide bonds. The number of thiophene rings is 1. The van der Waals surface area contributed by atoms with Gasteiger partial charge in [0.1, 0.15) is 5.52 Å². The zero-order valence-electron chi connectivity index (χ0n) is 10.2. The van der Waals surface area contributed by atoms with Crippen LogP contribution in [0, 0.1) is 6.92 Å². The standard InChI is InChI=1S/C13H11N3O2S/c1-8-6-19-7-9(8)5-16-11-4-2-3-10(13(17)18)12(11)14-15-16/h2-4,6-7H,5H2,1H3,(H,17,18). The van der Waals surface area contributed by atoms with Crippen LogP contribution in [0.25, 0.3) is 11.0 Å². The highest BCUT2D eigenvalue weighted by molar-refractivity contribution is 7.08. The highest BCUT2D eigenvalue weighted by atomic mass is 32.1. The average Bonchev–Trinajstić information content (AvgIpc) is 2.97. The summed E-state index contributed by atoms with van der Waals surface area (Å²) < 4.78 is 1.73. The molecule has 19 heavy (non-hydrogen) atoms. The minimum atomic E-state index is -0.982. The predicted octanol–water partition coefficient (Wildman–Crippen LogP) is 2.55. The minimum absolute atomic E-state index is 0.186. The van der Waals surface area contributed by atoms with Gasteiger partial charge in [-0.05, 0) is 40.9 Å². The molecule has 0 unspecified atom stereocenters. The second kappa shape index (κ2) is 4.47. The van der Waals surface area contributed by atoms with Crippen LogP contribution in [0.3, 0.4) is 0 Å². The molecule has 0 saturated carbocycles. The fraction of sp³-hybridized carbons (Fsp3) is 0.154. The van der Waals surface area contributed by atoms with Crippen molar-refractivity contribution in [1.82, 2.24) is 15.0 Å². The second-order valence-corrected chi connectivity index (χ2v) is 5.05. The molecule has 0 aliphatic carbocycles. The van der Waals surface area contributed by atoms with Gasteiger partial charge in [0, 0.05) is 0 Å². The zero-order valence-corrected chi connectivity index (χ0v) is 11.0. The molecule has 5 nitrogen and oxygen atoms in total. The maximum absolute atomic E-state index is 11.1. The van der Waals surface area contributed by atoms with Crippen molar-refractivity contribution in [2.75, 3.05) is 0 Å². The van der Waals surface area contributed by atoms with Gasteiger partial charge >= 0.3 is 5.97 Å². The maximum atomic E-state index is 11.1. The van der Waals surface area contributed by atoms with E-state index in [9.17, 15) is 4.79 Å². The first kappa shape index (κ1) is 11.9. The molecular formula is C13H11N3O2S. The summed E-state index contributed by atoms with van der Waals surface area (Å²) in [5, 5.41) is 21.3.